The summed E-state index contributed by atoms with van der Waals surface area (Å²) in [4.78, 5) is 19.8. The van der Waals surface area contributed by atoms with E-state index in [1.54, 1.807) is 11.3 Å². The van der Waals surface area contributed by atoms with Crippen LogP contribution in [0.1, 0.15) is 49.1 Å². The second-order valence-electron chi connectivity index (χ2n) is 5.86. The van der Waals surface area contributed by atoms with E-state index in [9.17, 15) is 4.79 Å². The van der Waals surface area contributed by atoms with Crippen LogP contribution in [-0.2, 0) is 0 Å². The van der Waals surface area contributed by atoms with Gasteiger partial charge in [0.15, 0.2) is 5.16 Å². The van der Waals surface area contributed by atoms with Gasteiger partial charge in [-0.1, -0.05) is 24.6 Å². The van der Waals surface area contributed by atoms with E-state index in [1.807, 2.05) is 25.3 Å². The molecule has 0 amide bonds. The zero-order valence-electron chi connectivity index (χ0n) is 13.0. The fraction of sp³-hybridized carbons (Fsp3) is 0.562. The molecule has 0 bridgehead atoms. The molecule has 116 valence electrons. The van der Waals surface area contributed by atoms with Crippen molar-refractivity contribution in [2.75, 3.05) is 0 Å². The van der Waals surface area contributed by atoms with Gasteiger partial charge in [0.2, 0.25) is 0 Å². The van der Waals surface area contributed by atoms with E-state index in [2.05, 4.69) is 6.07 Å². The van der Waals surface area contributed by atoms with E-state index < -0.39 is 0 Å². The summed E-state index contributed by atoms with van der Waals surface area (Å²) in [5.41, 5.74) is 1.13. The number of thiophene rings is 1. The van der Waals surface area contributed by atoms with E-state index in [4.69, 9.17) is 10.2 Å². The lowest BCUT2D eigenvalue weighted by Crippen LogP contribution is -2.26. The molecule has 2 aromatic rings. The molecule has 0 aromatic carbocycles. The normalized spacial score (nSPS) is 17.0. The molecule has 1 aliphatic rings. The predicted octanol–water partition coefficient (Wildman–Crippen LogP) is 4.19. The molecule has 0 spiro atoms. The third-order valence-corrected chi connectivity index (χ3v) is 6.42. The maximum absolute atomic E-state index is 13.1. The maximum Gasteiger partial charge on any atom is 0.263 e. The Morgan fingerprint density at radius 3 is 2.73 bits per heavy atom. The van der Waals surface area contributed by atoms with Gasteiger partial charge in [0.25, 0.3) is 5.56 Å². The van der Waals surface area contributed by atoms with Gasteiger partial charge in [0, 0.05) is 10.9 Å². The van der Waals surface area contributed by atoms with Crippen LogP contribution in [-0.4, -0.2) is 14.8 Å². The fourth-order valence-electron chi connectivity index (χ4n) is 3.04. The second-order valence-corrected chi connectivity index (χ2v) is 8.37. The van der Waals surface area contributed by atoms with E-state index in [0.29, 0.717) is 5.16 Å². The molecule has 0 saturated heterocycles. The van der Waals surface area contributed by atoms with Gasteiger partial charge in [-0.05, 0) is 39.2 Å². The number of fused-ring (bicyclic) bond motifs is 1. The van der Waals surface area contributed by atoms with Gasteiger partial charge < -0.3 is 0 Å². The quantitative estimate of drug-likeness (QED) is 0.624. The van der Waals surface area contributed by atoms with Crippen LogP contribution in [0.5, 0.6) is 0 Å². The summed E-state index contributed by atoms with van der Waals surface area (Å²) in [6, 6.07) is 2.46. The molecule has 6 heteroatoms. The largest absolute Gasteiger partial charge is 0.284 e. The van der Waals surface area contributed by atoms with Crippen molar-refractivity contribution < 1.29 is 0 Å². The topological polar surface area (TPSA) is 58.7 Å². The lowest BCUT2D eigenvalue weighted by molar-refractivity contribution is 0.458. The number of nitrogens with zero attached hydrogens (tertiary/aromatic N) is 3. The number of aromatic nitrogens is 2. The molecular formula is C16H19N3OS2. The summed E-state index contributed by atoms with van der Waals surface area (Å²) in [7, 11) is 0. The van der Waals surface area contributed by atoms with Crippen molar-refractivity contribution in [1.82, 2.24) is 9.55 Å². The van der Waals surface area contributed by atoms with Crippen LogP contribution in [0, 0.1) is 25.2 Å². The minimum absolute atomic E-state index is 0.0754. The molecule has 0 radical (unpaired) electrons. The summed E-state index contributed by atoms with van der Waals surface area (Å²) in [6.07, 6.45) is 4.39. The van der Waals surface area contributed by atoms with Crippen LogP contribution >= 0.6 is 23.1 Å². The first kappa shape index (κ1) is 15.6. The van der Waals surface area contributed by atoms with Gasteiger partial charge in [-0.3, -0.25) is 9.36 Å². The van der Waals surface area contributed by atoms with E-state index >= 15 is 0 Å². The molecule has 2 heterocycles. The Balaban J connectivity index is 2.24. The van der Waals surface area contributed by atoms with Crippen LogP contribution in [0.25, 0.3) is 10.2 Å². The highest BCUT2D eigenvalue weighted by molar-refractivity contribution is 8.00. The number of rotatable bonds is 3. The smallest absolute Gasteiger partial charge is 0.263 e. The summed E-state index contributed by atoms with van der Waals surface area (Å²) >= 11 is 2.97. The summed E-state index contributed by atoms with van der Waals surface area (Å²) in [5.74, 6) is 0. The average molecular weight is 333 g/mol. The zero-order valence-corrected chi connectivity index (χ0v) is 14.7. The molecule has 1 atom stereocenters. The van der Waals surface area contributed by atoms with Gasteiger partial charge in [-0.25, -0.2) is 4.98 Å². The summed E-state index contributed by atoms with van der Waals surface area (Å²) in [5, 5.41) is 10.4. The Morgan fingerprint density at radius 2 is 2.09 bits per heavy atom. The maximum atomic E-state index is 13.1. The molecule has 1 fully saturated rings. The molecule has 1 unspecified atom stereocenters. The number of nitriles is 1. The first-order chi connectivity index (χ1) is 10.5. The van der Waals surface area contributed by atoms with Crippen LogP contribution in [0.15, 0.2) is 9.95 Å². The van der Waals surface area contributed by atoms with Crippen molar-refractivity contribution in [2.24, 2.45) is 0 Å². The predicted molar refractivity (Wildman–Crippen MR) is 91.8 cm³/mol. The fourth-order valence-corrected chi connectivity index (χ4v) is 4.98. The second kappa shape index (κ2) is 6.05. The Kier molecular flexibility index (Phi) is 4.28. The van der Waals surface area contributed by atoms with Crippen LogP contribution in [0.3, 0.4) is 0 Å². The average Bonchev–Trinajstić information content (AvgIpc) is 3.08. The van der Waals surface area contributed by atoms with Crippen LogP contribution in [0.2, 0.25) is 0 Å². The van der Waals surface area contributed by atoms with Crippen LogP contribution in [0.4, 0.5) is 0 Å². The highest BCUT2D eigenvalue weighted by Gasteiger charge is 2.25. The van der Waals surface area contributed by atoms with Crippen LogP contribution < -0.4 is 5.56 Å². The number of aryl methyl sites for hydroxylation is 2. The molecule has 1 aliphatic carbocycles. The molecule has 0 N–H and O–H groups in total. The Labute approximate surface area is 138 Å². The highest BCUT2D eigenvalue weighted by atomic mass is 32.2. The molecular weight excluding hydrogens is 314 g/mol. The van der Waals surface area contributed by atoms with Gasteiger partial charge in [-0.2, -0.15) is 5.26 Å². The van der Waals surface area contributed by atoms with E-state index in [1.165, 1.54) is 11.8 Å². The molecule has 2 aromatic heterocycles. The van der Waals surface area contributed by atoms with E-state index in [-0.39, 0.29) is 16.9 Å². The minimum Gasteiger partial charge on any atom is -0.284 e. The van der Waals surface area contributed by atoms with Crippen molar-refractivity contribution >= 4 is 33.3 Å². The number of hydrogen-bond acceptors (Lipinski definition) is 5. The first-order valence-corrected chi connectivity index (χ1v) is 9.31. The number of hydrogen-bond donors (Lipinski definition) is 0. The number of thioether (sulfide) groups is 1. The zero-order chi connectivity index (χ0) is 15.9. The van der Waals surface area contributed by atoms with Crippen molar-refractivity contribution in [3.8, 4) is 6.07 Å². The Morgan fingerprint density at radius 1 is 1.41 bits per heavy atom. The highest BCUT2D eigenvalue weighted by Crippen LogP contribution is 2.35. The molecule has 1 saturated carbocycles. The monoisotopic (exact) mass is 333 g/mol. The van der Waals surface area contributed by atoms with Crippen molar-refractivity contribution in [3.05, 3.63) is 20.8 Å². The van der Waals surface area contributed by atoms with Gasteiger partial charge in [0.05, 0.1) is 16.7 Å². The SMILES string of the molecule is Cc1sc2nc(SC(C)C#N)n(C3CCCC3)c(=O)c2c1C. The summed E-state index contributed by atoms with van der Waals surface area (Å²) in [6.45, 7) is 5.89. The Bertz CT molecular complexity index is 809. The lowest BCUT2D eigenvalue weighted by atomic mass is 10.2. The van der Waals surface area contributed by atoms with Gasteiger partial charge >= 0.3 is 0 Å². The van der Waals surface area contributed by atoms with E-state index in [0.717, 1.165) is 46.3 Å². The molecule has 3 rings (SSSR count). The third-order valence-electron chi connectivity index (χ3n) is 4.36. The molecule has 4 nitrogen and oxygen atoms in total. The van der Waals surface area contributed by atoms with Crippen molar-refractivity contribution in [3.63, 3.8) is 0 Å². The van der Waals surface area contributed by atoms with Crippen molar-refractivity contribution in [1.29, 1.82) is 5.26 Å². The lowest BCUT2D eigenvalue weighted by Gasteiger charge is -2.18. The van der Waals surface area contributed by atoms with Crippen molar-refractivity contribution in [2.45, 2.75) is 62.9 Å². The standard InChI is InChI=1S/C16H19N3OS2/c1-9(8-17)21-16-18-14-13(10(2)11(3)22-14)15(20)19(16)12-6-4-5-7-12/h9,12H,4-7H2,1-3H3. The first-order valence-electron chi connectivity index (χ1n) is 7.61. The minimum atomic E-state index is -0.209. The summed E-state index contributed by atoms with van der Waals surface area (Å²) < 4.78 is 1.87. The third kappa shape index (κ3) is 2.57. The molecule has 0 aliphatic heterocycles. The molecule has 22 heavy (non-hydrogen) atoms. The van der Waals surface area contributed by atoms with Gasteiger partial charge in [-0.15, -0.1) is 11.3 Å². The Hall–Kier alpha value is -1.32. The van der Waals surface area contributed by atoms with Gasteiger partial charge in [0.1, 0.15) is 4.83 Å².